The van der Waals surface area contributed by atoms with Gasteiger partial charge in [-0.05, 0) is 69.1 Å². The first-order valence-corrected chi connectivity index (χ1v) is 10.6. The minimum atomic E-state index is -0.175. The minimum Gasteiger partial charge on any atom is -0.364 e. The van der Waals surface area contributed by atoms with Crippen LogP contribution in [0.15, 0.2) is 17.1 Å². The summed E-state index contributed by atoms with van der Waals surface area (Å²) in [5.41, 5.74) is 1.03. The van der Waals surface area contributed by atoms with Gasteiger partial charge in [-0.3, -0.25) is 9.59 Å². The van der Waals surface area contributed by atoms with E-state index in [0.29, 0.717) is 0 Å². The molecule has 0 spiro atoms. The molecule has 4 bridgehead atoms. The second kappa shape index (κ2) is 7.21. The fourth-order valence-electron chi connectivity index (χ4n) is 6.15. The Balaban J connectivity index is 1.41. The molecule has 4 saturated carbocycles. The summed E-state index contributed by atoms with van der Waals surface area (Å²) < 4.78 is 0. The first-order chi connectivity index (χ1) is 12.6. The average Bonchev–Trinajstić information content (AvgIpc) is 2.57. The number of carbonyl (C=O) groups is 1. The molecule has 1 heterocycles. The Morgan fingerprint density at radius 2 is 1.77 bits per heavy atom. The molecule has 0 unspecified atom stereocenters. The molecular weight excluding hydrogens is 324 g/mol. The predicted molar refractivity (Wildman–Crippen MR) is 103 cm³/mol. The van der Waals surface area contributed by atoms with Crippen molar-refractivity contribution in [1.29, 1.82) is 0 Å². The van der Waals surface area contributed by atoms with Gasteiger partial charge < -0.3 is 10.3 Å². The van der Waals surface area contributed by atoms with E-state index in [1.807, 2.05) is 0 Å². The number of H-pyrrole nitrogens is 1. The Labute approximate surface area is 156 Å². The quantitative estimate of drug-likeness (QED) is 0.719. The van der Waals surface area contributed by atoms with E-state index >= 15 is 0 Å². The number of hydrogen-bond acceptors (Lipinski definition) is 2. The maximum absolute atomic E-state index is 12.8. The van der Waals surface area contributed by atoms with Gasteiger partial charge in [-0.15, -0.1) is 0 Å². The van der Waals surface area contributed by atoms with E-state index in [9.17, 15) is 9.59 Å². The van der Waals surface area contributed by atoms with Crippen molar-refractivity contribution < 1.29 is 4.79 Å². The van der Waals surface area contributed by atoms with Crippen LogP contribution in [-0.2, 0) is 6.42 Å². The summed E-state index contributed by atoms with van der Waals surface area (Å²) >= 11 is 0. The Hall–Kier alpha value is -1.58. The lowest BCUT2D eigenvalue weighted by atomic mass is 9.53. The van der Waals surface area contributed by atoms with Crippen LogP contribution in [0.1, 0.15) is 87.2 Å². The normalized spacial score (nSPS) is 32.0. The number of nitrogens with one attached hydrogen (secondary N) is 2. The molecule has 4 aliphatic carbocycles. The fourth-order valence-corrected chi connectivity index (χ4v) is 6.15. The second-order valence-corrected chi connectivity index (χ2v) is 9.20. The van der Waals surface area contributed by atoms with E-state index in [1.54, 1.807) is 12.3 Å². The zero-order valence-electron chi connectivity index (χ0n) is 16.0. The average molecular weight is 357 g/mol. The number of amides is 1. The van der Waals surface area contributed by atoms with Crippen LogP contribution >= 0.6 is 0 Å². The summed E-state index contributed by atoms with van der Waals surface area (Å²) in [4.78, 5) is 28.5. The largest absolute Gasteiger partial charge is 0.364 e. The van der Waals surface area contributed by atoms with Crippen LogP contribution in [0.4, 0.5) is 0 Å². The van der Waals surface area contributed by atoms with Crippen molar-refractivity contribution in [1.82, 2.24) is 10.3 Å². The molecule has 0 aromatic carbocycles. The van der Waals surface area contributed by atoms with Gasteiger partial charge in [-0.2, -0.15) is 0 Å². The molecule has 4 heteroatoms. The molecule has 2 N–H and O–H groups in total. The van der Waals surface area contributed by atoms with Gasteiger partial charge in [0.1, 0.15) is 5.56 Å². The van der Waals surface area contributed by atoms with Crippen LogP contribution in [0.2, 0.25) is 0 Å². The van der Waals surface area contributed by atoms with Crippen LogP contribution < -0.4 is 10.7 Å². The molecule has 142 valence electrons. The van der Waals surface area contributed by atoms with Crippen LogP contribution in [0, 0.1) is 17.8 Å². The fraction of sp³-hybridized carbons (Fsp3) is 0.727. The van der Waals surface area contributed by atoms with Crippen LogP contribution in [-0.4, -0.2) is 16.4 Å². The van der Waals surface area contributed by atoms with E-state index in [4.69, 9.17) is 0 Å². The second-order valence-electron chi connectivity index (χ2n) is 9.20. The van der Waals surface area contributed by atoms with Gasteiger partial charge in [0, 0.05) is 23.5 Å². The molecule has 0 radical (unpaired) electrons. The van der Waals surface area contributed by atoms with Gasteiger partial charge in [-0.25, -0.2) is 0 Å². The van der Waals surface area contributed by atoms with Crippen LogP contribution in [0.3, 0.4) is 0 Å². The molecule has 4 aliphatic rings. The lowest BCUT2D eigenvalue weighted by Gasteiger charge is -2.56. The minimum absolute atomic E-state index is 0.0445. The molecule has 5 rings (SSSR count). The van der Waals surface area contributed by atoms with Gasteiger partial charge in [0.2, 0.25) is 0 Å². The highest BCUT2D eigenvalue weighted by Crippen LogP contribution is 2.55. The van der Waals surface area contributed by atoms with E-state index in [2.05, 4.69) is 17.2 Å². The highest BCUT2D eigenvalue weighted by molar-refractivity contribution is 5.94. The first-order valence-electron chi connectivity index (χ1n) is 10.6. The van der Waals surface area contributed by atoms with Crippen molar-refractivity contribution in [2.24, 2.45) is 17.8 Å². The molecule has 0 saturated heterocycles. The number of aromatic amines is 1. The van der Waals surface area contributed by atoms with E-state index in [-0.39, 0.29) is 22.4 Å². The van der Waals surface area contributed by atoms with Crippen LogP contribution in [0.25, 0.3) is 0 Å². The van der Waals surface area contributed by atoms with Gasteiger partial charge >= 0.3 is 0 Å². The summed E-state index contributed by atoms with van der Waals surface area (Å²) in [6.07, 6.45) is 14.6. The highest BCUT2D eigenvalue weighted by Gasteiger charge is 2.51. The Morgan fingerprint density at radius 3 is 2.35 bits per heavy atom. The van der Waals surface area contributed by atoms with Crippen molar-refractivity contribution in [2.45, 2.75) is 83.1 Å². The summed E-state index contributed by atoms with van der Waals surface area (Å²) in [6.45, 7) is 2.19. The van der Waals surface area contributed by atoms with E-state index in [1.165, 1.54) is 38.5 Å². The summed E-state index contributed by atoms with van der Waals surface area (Å²) in [5, 5.41) is 3.30. The zero-order valence-corrected chi connectivity index (χ0v) is 16.0. The molecule has 26 heavy (non-hydrogen) atoms. The van der Waals surface area contributed by atoms with Gasteiger partial charge in [-0.1, -0.05) is 26.2 Å². The first kappa shape index (κ1) is 17.8. The summed E-state index contributed by atoms with van der Waals surface area (Å²) in [7, 11) is 0. The lowest BCUT2D eigenvalue weighted by molar-refractivity contribution is -0.0167. The Kier molecular flexibility index (Phi) is 4.94. The number of rotatable bonds is 7. The van der Waals surface area contributed by atoms with E-state index < -0.39 is 0 Å². The number of carbonyl (C=O) groups excluding carboxylic acids is 1. The molecule has 0 atom stereocenters. The maximum atomic E-state index is 12.8. The molecule has 4 fully saturated rings. The van der Waals surface area contributed by atoms with Crippen molar-refractivity contribution in [3.05, 3.63) is 33.7 Å². The third kappa shape index (κ3) is 3.60. The summed E-state index contributed by atoms with van der Waals surface area (Å²) in [5.74, 6) is 2.17. The monoisotopic (exact) mass is 356 g/mol. The number of pyridine rings is 1. The molecule has 1 aromatic heterocycles. The van der Waals surface area contributed by atoms with Gasteiger partial charge in [0.15, 0.2) is 5.43 Å². The standard InChI is InChI=1S/C22H32N2O2/c1-2-3-4-5-6-18-10-20(25)19(14-23-18)21(26)24-22-11-15-7-16(12-22)9-17(8-15)13-22/h10,14-17H,2-9,11-13H2,1H3,(H,23,25)(H,24,26). The number of aromatic nitrogens is 1. The van der Waals surface area contributed by atoms with Crippen molar-refractivity contribution >= 4 is 5.91 Å². The summed E-state index contributed by atoms with van der Waals surface area (Å²) in [6, 6.07) is 1.63. The lowest BCUT2D eigenvalue weighted by Crippen LogP contribution is -2.60. The zero-order chi connectivity index (χ0) is 18.1. The van der Waals surface area contributed by atoms with E-state index in [0.717, 1.165) is 55.6 Å². The SMILES string of the molecule is CCCCCCc1cc(=O)c(C(=O)NC23CC4CC(CC(C4)C2)C3)c[nH]1. The third-order valence-corrected chi connectivity index (χ3v) is 6.93. The molecule has 0 aliphatic heterocycles. The third-order valence-electron chi connectivity index (χ3n) is 6.93. The molecule has 1 amide bonds. The van der Waals surface area contributed by atoms with Crippen molar-refractivity contribution in [3.63, 3.8) is 0 Å². The van der Waals surface area contributed by atoms with Crippen molar-refractivity contribution in [3.8, 4) is 0 Å². The number of unbranched alkanes of at least 4 members (excludes halogenated alkanes) is 3. The number of aryl methyl sites for hydroxylation is 1. The Bertz CT molecular complexity index is 686. The Morgan fingerprint density at radius 1 is 1.12 bits per heavy atom. The maximum Gasteiger partial charge on any atom is 0.257 e. The number of hydrogen-bond donors (Lipinski definition) is 2. The van der Waals surface area contributed by atoms with Gasteiger partial charge in [0.05, 0.1) is 0 Å². The van der Waals surface area contributed by atoms with Gasteiger partial charge in [0.25, 0.3) is 5.91 Å². The smallest absolute Gasteiger partial charge is 0.257 e. The molecule has 1 aromatic rings. The topological polar surface area (TPSA) is 62.0 Å². The highest BCUT2D eigenvalue weighted by atomic mass is 16.2. The molecule has 4 nitrogen and oxygen atoms in total. The van der Waals surface area contributed by atoms with Crippen molar-refractivity contribution in [2.75, 3.05) is 0 Å². The predicted octanol–water partition coefficient (Wildman–Crippen LogP) is 4.20. The molecular formula is C22H32N2O2. The van der Waals surface area contributed by atoms with Crippen LogP contribution in [0.5, 0.6) is 0 Å².